The molecule has 0 saturated carbocycles. The van der Waals surface area contributed by atoms with Gasteiger partial charge in [-0.15, -0.1) is 0 Å². The molecule has 0 radical (unpaired) electrons. The lowest BCUT2D eigenvalue weighted by atomic mass is 10.1. The molecule has 0 aromatic heterocycles. The highest BCUT2D eigenvalue weighted by Gasteiger charge is 2.16. The third-order valence-corrected chi connectivity index (χ3v) is 3.76. The summed E-state index contributed by atoms with van der Waals surface area (Å²) in [6, 6.07) is 11.5. The van der Waals surface area contributed by atoms with Crippen molar-refractivity contribution >= 4 is 40.2 Å². The van der Waals surface area contributed by atoms with Crippen LogP contribution in [-0.4, -0.2) is 24.1 Å². The van der Waals surface area contributed by atoms with Crippen molar-refractivity contribution in [1.29, 1.82) is 0 Å². The number of benzene rings is 2. The maximum Gasteiger partial charge on any atom is 0.337 e. The smallest absolute Gasteiger partial charge is 0.337 e. The van der Waals surface area contributed by atoms with Gasteiger partial charge in [0.25, 0.3) is 5.91 Å². The summed E-state index contributed by atoms with van der Waals surface area (Å²) in [7, 11) is 1.45. The Morgan fingerprint density at radius 3 is 2.48 bits per heavy atom. The van der Waals surface area contributed by atoms with Crippen LogP contribution in [0.15, 0.2) is 42.5 Å². The molecule has 0 spiro atoms. The summed E-state index contributed by atoms with van der Waals surface area (Å²) in [5.41, 5.74) is 0.701. The average Bonchev–Trinajstić information content (AvgIpc) is 2.47. The molecule has 6 heteroatoms. The standard InChI is InChI=1S/C15H12INO4/c1-21-9-6-7-13(11(8-9)15(19)20)17-14(18)10-4-2-3-5-12(10)16/h2-8H,1H3,(H,17,18)(H,19,20). The number of hydrogen-bond acceptors (Lipinski definition) is 3. The lowest BCUT2D eigenvalue weighted by molar-refractivity contribution is 0.0697. The fourth-order valence-corrected chi connectivity index (χ4v) is 2.40. The van der Waals surface area contributed by atoms with Crippen molar-refractivity contribution in [2.24, 2.45) is 0 Å². The second kappa shape index (κ2) is 6.57. The van der Waals surface area contributed by atoms with Crippen molar-refractivity contribution in [3.8, 4) is 5.75 Å². The fourth-order valence-electron chi connectivity index (χ4n) is 1.77. The SMILES string of the molecule is COc1ccc(NC(=O)c2ccccc2I)c(C(=O)O)c1. The molecular formula is C15H12INO4. The van der Waals surface area contributed by atoms with Crippen molar-refractivity contribution in [2.45, 2.75) is 0 Å². The van der Waals surface area contributed by atoms with Gasteiger partial charge < -0.3 is 15.2 Å². The van der Waals surface area contributed by atoms with Gasteiger partial charge in [-0.25, -0.2) is 4.79 Å². The van der Waals surface area contributed by atoms with Crippen LogP contribution in [0.2, 0.25) is 0 Å². The first-order valence-corrected chi connectivity index (χ1v) is 7.08. The van der Waals surface area contributed by atoms with Crippen LogP contribution >= 0.6 is 22.6 Å². The topological polar surface area (TPSA) is 75.6 Å². The Morgan fingerprint density at radius 1 is 1.14 bits per heavy atom. The minimum absolute atomic E-state index is 0.0198. The van der Waals surface area contributed by atoms with Gasteiger partial charge in [-0.3, -0.25) is 4.79 Å². The molecule has 0 aliphatic heterocycles. The summed E-state index contributed by atoms with van der Waals surface area (Å²) in [6.45, 7) is 0. The van der Waals surface area contributed by atoms with Crippen molar-refractivity contribution < 1.29 is 19.4 Å². The molecular weight excluding hydrogens is 385 g/mol. The van der Waals surface area contributed by atoms with Crippen LogP contribution in [0.1, 0.15) is 20.7 Å². The van der Waals surface area contributed by atoms with Gasteiger partial charge in [0.2, 0.25) is 0 Å². The van der Waals surface area contributed by atoms with Crippen LogP contribution in [-0.2, 0) is 0 Å². The van der Waals surface area contributed by atoms with Gasteiger partial charge >= 0.3 is 5.97 Å². The maximum atomic E-state index is 12.2. The molecule has 0 aliphatic carbocycles. The summed E-state index contributed by atoms with van der Waals surface area (Å²) in [5, 5.41) is 11.8. The summed E-state index contributed by atoms with van der Waals surface area (Å²) >= 11 is 2.05. The van der Waals surface area contributed by atoms with Gasteiger partial charge in [0.15, 0.2) is 0 Å². The van der Waals surface area contributed by atoms with Crippen molar-refractivity contribution in [3.05, 3.63) is 57.2 Å². The molecule has 21 heavy (non-hydrogen) atoms. The van der Waals surface area contributed by atoms with Crippen LogP contribution in [0, 0.1) is 3.57 Å². The van der Waals surface area contributed by atoms with Crippen molar-refractivity contribution in [3.63, 3.8) is 0 Å². The van der Waals surface area contributed by atoms with E-state index in [0.717, 1.165) is 3.57 Å². The van der Waals surface area contributed by atoms with Gasteiger partial charge in [0.1, 0.15) is 5.75 Å². The van der Waals surface area contributed by atoms with Gasteiger partial charge in [0, 0.05) is 3.57 Å². The molecule has 0 fully saturated rings. The molecule has 1 amide bonds. The normalized spacial score (nSPS) is 10.0. The van der Waals surface area contributed by atoms with Crippen LogP contribution in [0.4, 0.5) is 5.69 Å². The number of rotatable bonds is 4. The second-order valence-electron chi connectivity index (χ2n) is 4.15. The predicted octanol–water partition coefficient (Wildman–Crippen LogP) is 3.25. The number of methoxy groups -OCH3 is 1. The van der Waals surface area contributed by atoms with Crippen LogP contribution in [0.25, 0.3) is 0 Å². The lowest BCUT2D eigenvalue weighted by Crippen LogP contribution is -2.16. The monoisotopic (exact) mass is 397 g/mol. The number of ether oxygens (including phenoxy) is 1. The number of halogens is 1. The number of aromatic carboxylic acids is 1. The number of hydrogen-bond donors (Lipinski definition) is 2. The number of carbonyl (C=O) groups is 2. The number of anilines is 1. The number of carbonyl (C=O) groups excluding carboxylic acids is 1. The maximum absolute atomic E-state index is 12.2. The van der Waals surface area contributed by atoms with E-state index < -0.39 is 5.97 Å². The molecule has 0 unspecified atom stereocenters. The number of nitrogens with one attached hydrogen (secondary N) is 1. The number of amides is 1. The van der Waals surface area contributed by atoms with Crippen molar-refractivity contribution in [2.75, 3.05) is 12.4 Å². The Kier molecular flexibility index (Phi) is 4.79. The molecule has 0 heterocycles. The number of carboxylic acid groups (broad SMARTS) is 1. The Hall–Kier alpha value is -2.09. The molecule has 0 aliphatic rings. The molecule has 2 aromatic carbocycles. The van der Waals surface area contributed by atoms with E-state index in [1.54, 1.807) is 18.2 Å². The highest BCUT2D eigenvalue weighted by atomic mass is 127. The number of carboxylic acids is 1. The first-order valence-electron chi connectivity index (χ1n) is 6.00. The first kappa shape index (κ1) is 15.3. The summed E-state index contributed by atoms with van der Waals surface area (Å²) in [5.74, 6) is -1.07. The Labute approximate surface area is 135 Å². The molecule has 2 N–H and O–H groups in total. The van der Waals surface area contributed by atoms with Gasteiger partial charge in [-0.2, -0.15) is 0 Å². The Balaban J connectivity index is 2.33. The largest absolute Gasteiger partial charge is 0.497 e. The molecule has 5 nitrogen and oxygen atoms in total. The second-order valence-corrected chi connectivity index (χ2v) is 5.31. The fraction of sp³-hybridized carbons (Fsp3) is 0.0667. The van der Waals surface area contributed by atoms with Crippen molar-refractivity contribution in [1.82, 2.24) is 0 Å². The van der Waals surface area contributed by atoms with Gasteiger partial charge in [0.05, 0.1) is 23.9 Å². The predicted molar refractivity (Wildman–Crippen MR) is 87.1 cm³/mol. The molecule has 0 bridgehead atoms. The third kappa shape index (κ3) is 3.52. The van der Waals surface area contributed by atoms with Crippen LogP contribution in [0.5, 0.6) is 5.75 Å². The van der Waals surface area contributed by atoms with E-state index in [1.165, 1.54) is 19.2 Å². The highest BCUT2D eigenvalue weighted by Crippen LogP contribution is 2.23. The molecule has 108 valence electrons. The molecule has 2 aromatic rings. The van der Waals surface area contributed by atoms with E-state index in [4.69, 9.17) is 4.74 Å². The van der Waals surface area contributed by atoms with E-state index in [2.05, 4.69) is 27.9 Å². The average molecular weight is 397 g/mol. The van der Waals surface area contributed by atoms with E-state index in [-0.39, 0.29) is 17.2 Å². The first-order chi connectivity index (χ1) is 10.0. The third-order valence-electron chi connectivity index (χ3n) is 2.82. The molecule has 2 rings (SSSR count). The van der Waals surface area contributed by atoms with Gasteiger partial charge in [-0.05, 0) is 52.9 Å². The van der Waals surface area contributed by atoms with E-state index >= 15 is 0 Å². The zero-order valence-corrected chi connectivity index (χ0v) is 13.2. The highest BCUT2D eigenvalue weighted by molar-refractivity contribution is 14.1. The Morgan fingerprint density at radius 2 is 1.86 bits per heavy atom. The Bertz CT molecular complexity index is 700. The molecule has 0 saturated heterocycles. The summed E-state index contributed by atoms with van der Waals surface area (Å²) < 4.78 is 5.78. The zero-order chi connectivity index (χ0) is 15.4. The lowest BCUT2D eigenvalue weighted by Gasteiger charge is -2.11. The minimum atomic E-state index is -1.13. The summed E-state index contributed by atoms with van der Waals surface area (Å²) in [6.07, 6.45) is 0. The van der Waals surface area contributed by atoms with Crippen LogP contribution in [0.3, 0.4) is 0 Å². The molecule has 0 atom stereocenters. The van der Waals surface area contributed by atoms with Crippen LogP contribution < -0.4 is 10.1 Å². The quantitative estimate of drug-likeness (QED) is 0.777. The van der Waals surface area contributed by atoms with E-state index in [1.807, 2.05) is 12.1 Å². The minimum Gasteiger partial charge on any atom is -0.497 e. The zero-order valence-electron chi connectivity index (χ0n) is 11.1. The van der Waals surface area contributed by atoms with Gasteiger partial charge in [-0.1, -0.05) is 12.1 Å². The van der Waals surface area contributed by atoms with E-state index in [9.17, 15) is 14.7 Å². The van der Waals surface area contributed by atoms with E-state index in [0.29, 0.717) is 11.3 Å². The summed E-state index contributed by atoms with van der Waals surface area (Å²) in [4.78, 5) is 23.5.